The van der Waals surface area contributed by atoms with E-state index in [0.717, 1.165) is 11.3 Å². The minimum atomic E-state index is -0.769. The van der Waals surface area contributed by atoms with Crippen molar-refractivity contribution in [3.8, 4) is 11.5 Å². The Morgan fingerprint density at radius 2 is 1.83 bits per heavy atom. The number of aliphatic hydroxyl groups excluding tert-OH is 1. The van der Waals surface area contributed by atoms with E-state index in [1.54, 1.807) is 37.4 Å². The van der Waals surface area contributed by atoms with E-state index in [4.69, 9.17) is 14.2 Å². The minimum absolute atomic E-state index is 0.0135. The maximum Gasteiger partial charge on any atom is 0.295 e. The molecule has 1 fully saturated rings. The fourth-order valence-corrected chi connectivity index (χ4v) is 4.24. The van der Waals surface area contributed by atoms with Gasteiger partial charge < -0.3 is 24.2 Å². The van der Waals surface area contributed by atoms with Crippen LogP contribution in [0.1, 0.15) is 63.3 Å². The molecule has 2 aromatic carbocycles. The summed E-state index contributed by atoms with van der Waals surface area (Å²) in [5.41, 5.74) is 2.09. The molecular formula is C28H35NO6. The number of ketones is 1. The van der Waals surface area contributed by atoms with Crippen molar-refractivity contribution in [2.45, 2.75) is 52.7 Å². The third-order valence-electron chi connectivity index (χ3n) is 5.94. The van der Waals surface area contributed by atoms with Gasteiger partial charge in [-0.15, -0.1) is 0 Å². The Labute approximate surface area is 207 Å². The second-order valence-corrected chi connectivity index (χ2v) is 9.03. The predicted octanol–water partition coefficient (Wildman–Crippen LogP) is 5.06. The lowest BCUT2D eigenvalue weighted by molar-refractivity contribution is -0.140. The Morgan fingerprint density at radius 1 is 1.09 bits per heavy atom. The van der Waals surface area contributed by atoms with Crippen LogP contribution in [-0.2, 0) is 14.3 Å². The van der Waals surface area contributed by atoms with E-state index in [-0.39, 0.29) is 36.5 Å². The largest absolute Gasteiger partial charge is 0.507 e. The van der Waals surface area contributed by atoms with Crippen molar-refractivity contribution in [3.05, 3.63) is 64.7 Å². The first-order valence-corrected chi connectivity index (χ1v) is 12.0. The van der Waals surface area contributed by atoms with Crippen LogP contribution >= 0.6 is 0 Å². The predicted molar refractivity (Wildman–Crippen MR) is 135 cm³/mol. The van der Waals surface area contributed by atoms with Gasteiger partial charge in [-0.3, -0.25) is 9.59 Å². The molecule has 3 rings (SSSR count). The number of likely N-dealkylation sites (tertiary alicyclic amines) is 1. The van der Waals surface area contributed by atoms with Crippen LogP contribution in [0.5, 0.6) is 11.5 Å². The van der Waals surface area contributed by atoms with E-state index < -0.39 is 17.7 Å². The molecule has 7 heteroatoms. The van der Waals surface area contributed by atoms with Gasteiger partial charge in [-0.05, 0) is 68.1 Å². The fraction of sp³-hybridized carbons (Fsp3) is 0.429. The van der Waals surface area contributed by atoms with E-state index in [9.17, 15) is 14.7 Å². The summed E-state index contributed by atoms with van der Waals surface area (Å²) in [7, 11) is 1.56. The van der Waals surface area contributed by atoms with E-state index in [1.807, 2.05) is 46.8 Å². The van der Waals surface area contributed by atoms with Gasteiger partial charge in [0.05, 0.1) is 38.0 Å². The smallest absolute Gasteiger partial charge is 0.295 e. The number of carbonyl (C=O) groups excluding carboxylic acids is 2. The molecule has 7 nitrogen and oxygen atoms in total. The molecular weight excluding hydrogens is 446 g/mol. The second kappa shape index (κ2) is 11.4. The lowest BCUT2D eigenvalue weighted by atomic mass is 9.93. The summed E-state index contributed by atoms with van der Waals surface area (Å²) in [6.45, 7) is 10.8. The number of nitrogens with zero attached hydrogens (tertiary/aromatic N) is 1. The van der Waals surface area contributed by atoms with Crippen molar-refractivity contribution in [2.75, 3.05) is 26.9 Å². The molecule has 0 aliphatic carbocycles. The average molecular weight is 482 g/mol. The molecule has 1 N–H and O–H groups in total. The zero-order valence-electron chi connectivity index (χ0n) is 21.3. The molecule has 1 amide bonds. The van der Waals surface area contributed by atoms with Gasteiger partial charge in [-0.1, -0.05) is 26.0 Å². The lowest BCUT2D eigenvalue weighted by Gasteiger charge is -2.26. The molecule has 1 aliphatic heterocycles. The normalized spacial score (nSPS) is 17.5. The summed E-state index contributed by atoms with van der Waals surface area (Å²) in [5.74, 6) is -0.145. The molecule has 0 radical (unpaired) electrons. The van der Waals surface area contributed by atoms with Crippen LogP contribution in [0.15, 0.2) is 48.0 Å². The van der Waals surface area contributed by atoms with Gasteiger partial charge in [0, 0.05) is 12.1 Å². The first-order valence-electron chi connectivity index (χ1n) is 12.0. The summed E-state index contributed by atoms with van der Waals surface area (Å²) < 4.78 is 16.8. The molecule has 2 aromatic rings. The van der Waals surface area contributed by atoms with Gasteiger partial charge in [0.15, 0.2) is 0 Å². The van der Waals surface area contributed by atoms with Crippen LogP contribution in [0.3, 0.4) is 0 Å². The zero-order valence-corrected chi connectivity index (χ0v) is 21.3. The summed E-state index contributed by atoms with van der Waals surface area (Å²) in [6.07, 6.45) is -0.0135. The molecule has 1 unspecified atom stereocenters. The van der Waals surface area contributed by atoms with Crippen LogP contribution in [0.4, 0.5) is 0 Å². The average Bonchev–Trinajstić information content (AvgIpc) is 3.08. The van der Waals surface area contributed by atoms with E-state index >= 15 is 0 Å². The topological polar surface area (TPSA) is 85.3 Å². The number of hydrogen-bond donors (Lipinski definition) is 1. The lowest BCUT2D eigenvalue weighted by Crippen LogP contribution is -2.33. The van der Waals surface area contributed by atoms with Crippen LogP contribution in [0.2, 0.25) is 0 Å². The van der Waals surface area contributed by atoms with E-state index in [0.29, 0.717) is 23.5 Å². The number of aliphatic hydroxyl groups is 1. The molecule has 1 aliphatic rings. The molecule has 0 spiro atoms. The Balaban J connectivity index is 2.15. The molecule has 1 atom stereocenters. The van der Waals surface area contributed by atoms with Crippen molar-refractivity contribution in [1.82, 2.24) is 4.90 Å². The Bertz CT molecular complexity index is 1100. The standard InChI is InChI=1S/C28H35NO6/c1-7-34-23-12-11-20(16-22(23)17(2)3)26(30)24-25(19-9-8-10-21(15-19)33-6)29(28(32)27(24)31)13-14-35-18(4)5/h8-12,15-18,25,30H,7,13-14H2,1-6H3/b26-24-. The van der Waals surface area contributed by atoms with Crippen molar-refractivity contribution in [1.29, 1.82) is 0 Å². The van der Waals surface area contributed by atoms with Gasteiger partial charge in [-0.25, -0.2) is 0 Å². The quantitative estimate of drug-likeness (QED) is 0.290. The summed E-state index contributed by atoms with van der Waals surface area (Å²) in [6, 6.07) is 11.7. The number of rotatable bonds is 10. The highest BCUT2D eigenvalue weighted by molar-refractivity contribution is 6.46. The summed E-state index contributed by atoms with van der Waals surface area (Å²) >= 11 is 0. The Hall–Kier alpha value is -3.32. The summed E-state index contributed by atoms with van der Waals surface area (Å²) in [5, 5.41) is 11.4. The highest BCUT2D eigenvalue weighted by atomic mass is 16.5. The van der Waals surface area contributed by atoms with Gasteiger partial charge in [0.25, 0.3) is 11.7 Å². The van der Waals surface area contributed by atoms with Gasteiger partial charge in [-0.2, -0.15) is 0 Å². The molecule has 0 aromatic heterocycles. The van der Waals surface area contributed by atoms with Gasteiger partial charge >= 0.3 is 0 Å². The third kappa shape index (κ3) is 5.68. The van der Waals surface area contributed by atoms with Crippen molar-refractivity contribution >= 4 is 17.4 Å². The van der Waals surface area contributed by atoms with Crippen LogP contribution in [-0.4, -0.2) is 54.7 Å². The molecule has 0 saturated carbocycles. The molecule has 1 heterocycles. The number of hydrogen-bond acceptors (Lipinski definition) is 6. The second-order valence-electron chi connectivity index (χ2n) is 9.03. The van der Waals surface area contributed by atoms with Crippen molar-refractivity contribution < 1.29 is 28.9 Å². The molecule has 35 heavy (non-hydrogen) atoms. The van der Waals surface area contributed by atoms with Crippen molar-refractivity contribution in [3.63, 3.8) is 0 Å². The van der Waals surface area contributed by atoms with Crippen LogP contribution < -0.4 is 9.47 Å². The monoisotopic (exact) mass is 481 g/mol. The van der Waals surface area contributed by atoms with Gasteiger partial charge in [0.1, 0.15) is 17.3 Å². The zero-order chi connectivity index (χ0) is 25.7. The van der Waals surface area contributed by atoms with Crippen LogP contribution in [0, 0.1) is 0 Å². The highest BCUT2D eigenvalue weighted by Crippen LogP contribution is 2.41. The molecule has 188 valence electrons. The third-order valence-corrected chi connectivity index (χ3v) is 5.94. The Kier molecular flexibility index (Phi) is 8.57. The van der Waals surface area contributed by atoms with E-state index in [2.05, 4.69) is 0 Å². The minimum Gasteiger partial charge on any atom is -0.507 e. The maximum atomic E-state index is 13.2. The first-order chi connectivity index (χ1) is 16.7. The Morgan fingerprint density at radius 3 is 2.46 bits per heavy atom. The SMILES string of the molecule is CCOc1ccc(/C(O)=C2/C(=O)C(=O)N(CCOC(C)C)C2c2cccc(OC)c2)cc1C(C)C. The van der Waals surface area contributed by atoms with Gasteiger partial charge in [0.2, 0.25) is 0 Å². The number of methoxy groups -OCH3 is 1. The number of amides is 1. The first kappa shape index (κ1) is 26.3. The number of Topliss-reactive ketones (excluding diaryl/α,β-unsaturated/α-hetero) is 1. The summed E-state index contributed by atoms with van der Waals surface area (Å²) in [4.78, 5) is 27.8. The van der Waals surface area contributed by atoms with E-state index in [1.165, 1.54) is 4.90 Å². The molecule has 0 bridgehead atoms. The maximum absolute atomic E-state index is 13.2. The highest BCUT2D eigenvalue weighted by Gasteiger charge is 2.46. The fourth-order valence-electron chi connectivity index (χ4n) is 4.24. The number of ether oxygens (including phenoxy) is 3. The number of carbonyl (C=O) groups is 2. The molecule has 1 saturated heterocycles. The number of benzene rings is 2. The van der Waals surface area contributed by atoms with Crippen molar-refractivity contribution in [2.24, 2.45) is 0 Å². The van der Waals surface area contributed by atoms with Crippen LogP contribution in [0.25, 0.3) is 5.76 Å².